The molecule has 4 nitrogen and oxygen atoms in total. The second-order valence-electron chi connectivity index (χ2n) is 6.29. The Balaban J connectivity index is 1.82. The van der Waals surface area contributed by atoms with Crippen LogP contribution in [0.1, 0.15) is 0 Å². The molecule has 0 atom stereocenters. The number of sulfonamides is 1. The van der Waals surface area contributed by atoms with Crippen LogP contribution in [0.25, 0.3) is 10.8 Å². The van der Waals surface area contributed by atoms with E-state index in [4.69, 9.17) is 11.6 Å². The summed E-state index contributed by atoms with van der Waals surface area (Å²) in [5, 5.41) is 12.3. The fourth-order valence-electron chi connectivity index (χ4n) is 2.95. The summed E-state index contributed by atoms with van der Waals surface area (Å²) in [6.45, 7) is 0. The zero-order valence-electron chi connectivity index (χ0n) is 15.0. The number of nitrogens with one attached hydrogen (secondary N) is 1. The average Bonchev–Trinajstić information content (AvgIpc) is 2.72. The lowest BCUT2D eigenvalue weighted by Crippen LogP contribution is -2.13. The molecule has 0 fully saturated rings. The molecule has 146 valence electrons. The van der Waals surface area contributed by atoms with E-state index in [0.717, 1.165) is 4.90 Å². The molecule has 4 rings (SSSR count). The predicted molar refractivity (Wildman–Crippen MR) is 118 cm³/mol. The largest absolute Gasteiger partial charge is 0.506 e. The Labute approximate surface area is 178 Å². The molecule has 0 aliphatic heterocycles. The van der Waals surface area contributed by atoms with Gasteiger partial charge in [0, 0.05) is 20.7 Å². The third-order valence-electron chi connectivity index (χ3n) is 4.30. The molecule has 0 saturated heterocycles. The van der Waals surface area contributed by atoms with Gasteiger partial charge in [-0.3, -0.25) is 4.72 Å². The molecule has 0 unspecified atom stereocenters. The molecule has 0 aliphatic carbocycles. The topological polar surface area (TPSA) is 66.4 Å². The van der Waals surface area contributed by atoms with Crippen molar-refractivity contribution in [3.05, 3.63) is 90.0 Å². The highest BCUT2D eigenvalue weighted by molar-refractivity contribution is 7.99. The molecule has 0 spiro atoms. The Morgan fingerprint density at radius 2 is 1.52 bits per heavy atom. The number of benzene rings is 4. The number of aromatic hydroxyl groups is 1. The van der Waals surface area contributed by atoms with Crippen LogP contribution in [0.5, 0.6) is 5.75 Å². The number of phenolic OH excluding ortho intramolecular Hbond substituents is 1. The van der Waals surface area contributed by atoms with Crippen LogP contribution in [0.2, 0.25) is 5.02 Å². The molecule has 0 saturated carbocycles. The van der Waals surface area contributed by atoms with Gasteiger partial charge >= 0.3 is 0 Å². The first-order valence-corrected chi connectivity index (χ1v) is 11.4. The van der Waals surface area contributed by atoms with Crippen molar-refractivity contribution in [3.63, 3.8) is 0 Å². The van der Waals surface area contributed by atoms with E-state index in [0.29, 0.717) is 26.4 Å². The lowest BCUT2D eigenvalue weighted by Gasteiger charge is -2.15. The van der Waals surface area contributed by atoms with Crippen molar-refractivity contribution in [1.29, 1.82) is 0 Å². The third-order valence-corrected chi connectivity index (χ3v) is 6.94. The zero-order valence-corrected chi connectivity index (χ0v) is 17.4. The van der Waals surface area contributed by atoms with Gasteiger partial charge in [0.05, 0.1) is 15.5 Å². The minimum absolute atomic E-state index is 0.0689. The van der Waals surface area contributed by atoms with Gasteiger partial charge in [0.25, 0.3) is 10.0 Å². The molecule has 4 aromatic carbocycles. The zero-order chi connectivity index (χ0) is 20.4. The first kappa shape index (κ1) is 19.6. The molecule has 0 bridgehead atoms. The minimum atomic E-state index is -3.86. The molecule has 0 heterocycles. The van der Waals surface area contributed by atoms with Crippen LogP contribution in [-0.4, -0.2) is 13.5 Å². The van der Waals surface area contributed by atoms with Crippen LogP contribution < -0.4 is 4.72 Å². The fraction of sp³-hybridized carbons (Fsp3) is 0. The van der Waals surface area contributed by atoms with E-state index in [1.54, 1.807) is 42.5 Å². The van der Waals surface area contributed by atoms with Crippen LogP contribution in [0.15, 0.2) is 99.6 Å². The Bertz CT molecular complexity index is 1290. The van der Waals surface area contributed by atoms with Crippen LogP contribution in [0, 0.1) is 0 Å². The summed E-state index contributed by atoms with van der Waals surface area (Å²) in [5.74, 6) is 0.111. The second kappa shape index (κ2) is 7.99. The predicted octanol–water partition coefficient (Wildman–Crippen LogP) is 6.15. The van der Waals surface area contributed by atoms with E-state index in [1.807, 2.05) is 30.3 Å². The number of halogens is 1. The normalized spacial score (nSPS) is 11.5. The van der Waals surface area contributed by atoms with Gasteiger partial charge in [-0.1, -0.05) is 71.9 Å². The average molecular weight is 442 g/mol. The van der Waals surface area contributed by atoms with Gasteiger partial charge < -0.3 is 5.11 Å². The van der Waals surface area contributed by atoms with E-state index in [-0.39, 0.29) is 10.6 Å². The molecule has 29 heavy (non-hydrogen) atoms. The first-order valence-electron chi connectivity index (χ1n) is 8.70. The molecule has 7 heteroatoms. The number of anilines is 1. The number of hydrogen-bond donors (Lipinski definition) is 2. The SMILES string of the molecule is O=S(=O)(Nc1cc(Sc2ccccc2)c(O)c2ccccc12)c1cccc(Cl)c1. The van der Waals surface area contributed by atoms with Crippen molar-refractivity contribution in [2.45, 2.75) is 14.7 Å². The molecule has 0 aliphatic rings. The van der Waals surface area contributed by atoms with E-state index in [9.17, 15) is 13.5 Å². The lowest BCUT2D eigenvalue weighted by molar-refractivity contribution is 0.469. The maximum atomic E-state index is 12.9. The first-order chi connectivity index (χ1) is 13.9. The summed E-state index contributed by atoms with van der Waals surface area (Å²) in [6.07, 6.45) is 0. The summed E-state index contributed by atoms with van der Waals surface area (Å²) >= 11 is 7.32. The van der Waals surface area contributed by atoms with Crippen LogP contribution in [0.4, 0.5) is 5.69 Å². The number of fused-ring (bicyclic) bond motifs is 1. The van der Waals surface area contributed by atoms with Gasteiger partial charge in [-0.2, -0.15) is 0 Å². The highest BCUT2D eigenvalue weighted by Gasteiger charge is 2.19. The smallest absolute Gasteiger partial charge is 0.261 e. The maximum Gasteiger partial charge on any atom is 0.261 e. The van der Waals surface area contributed by atoms with Gasteiger partial charge in [-0.15, -0.1) is 0 Å². The molecule has 0 amide bonds. The Hall–Kier alpha value is -2.67. The van der Waals surface area contributed by atoms with Gasteiger partial charge in [0.1, 0.15) is 5.75 Å². The summed E-state index contributed by atoms with van der Waals surface area (Å²) in [5.41, 5.74) is 0.386. The third kappa shape index (κ3) is 4.19. The highest BCUT2D eigenvalue weighted by Crippen LogP contribution is 2.42. The van der Waals surface area contributed by atoms with Crippen molar-refractivity contribution in [2.75, 3.05) is 4.72 Å². The van der Waals surface area contributed by atoms with Gasteiger partial charge in [0.2, 0.25) is 0 Å². The van der Waals surface area contributed by atoms with Crippen molar-refractivity contribution in [1.82, 2.24) is 0 Å². The quantitative estimate of drug-likeness (QED) is 0.364. The van der Waals surface area contributed by atoms with Crippen LogP contribution in [-0.2, 0) is 10.0 Å². The van der Waals surface area contributed by atoms with Crippen molar-refractivity contribution < 1.29 is 13.5 Å². The Kier molecular flexibility index (Phi) is 5.41. The standard InChI is InChI=1S/C22H16ClNO3S2/c23-15-7-6-10-17(13-15)29(26,27)24-20-14-21(28-16-8-2-1-3-9-16)22(25)19-12-5-4-11-18(19)20/h1-14,24-25H. The van der Waals surface area contributed by atoms with Crippen LogP contribution in [0.3, 0.4) is 0 Å². The molecular weight excluding hydrogens is 426 g/mol. The van der Waals surface area contributed by atoms with Gasteiger partial charge in [-0.05, 0) is 36.4 Å². The van der Waals surface area contributed by atoms with E-state index in [1.165, 1.54) is 23.9 Å². The second-order valence-corrected chi connectivity index (χ2v) is 9.53. The number of rotatable bonds is 5. The Morgan fingerprint density at radius 1 is 0.828 bits per heavy atom. The van der Waals surface area contributed by atoms with Crippen molar-refractivity contribution in [3.8, 4) is 5.75 Å². The van der Waals surface area contributed by atoms with E-state index >= 15 is 0 Å². The van der Waals surface area contributed by atoms with Crippen molar-refractivity contribution >= 4 is 49.8 Å². The number of phenols is 1. The molecule has 4 aromatic rings. The van der Waals surface area contributed by atoms with Crippen LogP contribution >= 0.6 is 23.4 Å². The summed E-state index contributed by atoms with van der Waals surface area (Å²) < 4.78 is 28.5. The molecule has 2 N–H and O–H groups in total. The van der Waals surface area contributed by atoms with Crippen molar-refractivity contribution in [2.24, 2.45) is 0 Å². The van der Waals surface area contributed by atoms with Gasteiger partial charge in [0.15, 0.2) is 0 Å². The minimum Gasteiger partial charge on any atom is -0.506 e. The fourth-order valence-corrected chi connectivity index (χ4v) is 5.25. The Morgan fingerprint density at radius 3 is 2.24 bits per heavy atom. The molecule has 0 radical (unpaired) electrons. The van der Waals surface area contributed by atoms with E-state index < -0.39 is 10.0 Å². The summed E-state index contributed by atoms with van der Waals surface area (Å²) in [7, 11) is -3.86. The molecule has 0 aromatic heterocycles. The lowest BCUT2D eigenvalue weighted by atomic mass is 10.1. The van der Waals surface area contributed by atoms with E-state index in [2.05, 4.69) is 4.72 Å². The highest BCUT2D eigenvalue weighted by atomic mass is 35.5. The monoisotopic (exact) mass is 441 g/mol. The summed E-state index contributed by atoms with van der Waals surface area (Å²) in [6, 6.07) is 24.4. The molecular formula is C22H16ClNO3S2. The maximum absolute atomic E-state index is 12.9. The van der Waals surface area contributed by atoms with Gasteiger partial charge in [-0.25, -0.2) is 8.42 Å². The summed E-state index contributed by atoms with van der Waals surface area (Å²) in [4.78, 5) is 1.56. The number of hydrogen-bond acceptors (Lipinski definition) is 4.